The van der Waals surface area contributed by atoms with Crippen molar-refractivity contribution >= 4 is 28.9 Å². The zero-order valence-corrected chi connectivity index (χ0v) is 15.4. The third kappa shape index (κ3) is 4.39. The molecule has 0 spiro atoms. The molecule has 1 fully saturated rings. The number of amides is 1. The molecule has 2 N–H and O–H groups in total. The van der Waals surface area contributed by atoms with Crippen molar-refractivity contribution in [3.63, 3.8) is 0 Å². The van der Waals surface area contributed by atoms with Gasteiger partial charge in [0.2, 0.25) is 5.91 Å². The highest BCUT2D eigenvalue weighted by Gasteiger charge is 2.20. The third-order valence-electron chi connectivity index (χ3n) is 4.40. The van der Waals surface area contributed by atoms with E-state index in [1.807, 2.05) is 18.2 Å². The van der Waals surface area contributed by atoms with Crippen molar-refractivity contribution in [2.24, 2.45) is 0 Å². The van der Waals surface area contributed by atoms with Gasteiger partial charge in [0.05, 0.1) is 24.4 Å². The Bertz CT molecular complexity index is 776. The zero-order chi connectivity index (χ0) is 18.5. The summed E-state index contributed by atoms with van der Waals surface area (Å²) in [6.07, 6.45) is 0. The molecule has 2 aromatic rings. The Labute approximate surface area is 157 Å². The van der Waals surface area contributed by atoms with E-state index in [9.17, 15) is 9.90 Å². The smallest absolute Gasteiger partial charge is 0.238 e. The Morgan fingerprint density at radius 3 is 2.58 bits per heavy atom. The number of para-hydroxylation sites is 2. The van der Waals surface area contributed by atoms with E-state index in [-0.39, 0.29) is 11.7 Å². The van der Waals surface area contributed by atoms with Crippen molar-refractivity contribution in [1.82, 2.24) is 4.90 Å². The van der Waals surface area contributed by atoms with E-state index >= 15 is 0 Å². The van der Waals surface area contributed by atoms with Gasteiger partial charge < -0.3 is 20.1 Å². The first-order valence-electron chi connectivity index (χ1n) is 8.45. The van der Waals surface area contributed by atoms with E-state index in [0.717, 1.165) is 31.9 Å². The molecule has 3 rings (SSSR count). The first-order valence-corrected chi connectivity index (χ1v) is 8.83. The summed E-state index contributed by atoms with van der Waals surface area (Å²) >= 11 is 6.08. The molecule has 26 heavy (non-hydrogen) atoms. The summed E-state index contributed by atoms with van der Waals surface area (Å²) < 4.78 is 5.11. The highest BCUT2D eigenvalue weighted by atomic mass is 35.5. The second kappa shape index (κ2) is 8.29. The highest BCUT2D eigenvalue weighted by molar-refractivity contribution is 6.32. The van der Waals surface area contributed by atoms with Crippen molar-refractivity contribution in [2.45, 2.75) is 0 Å². The van der Waals surface area contributed by atoms with Crippen molar-refractivity contribution in [3.05, 3.63) is 47.5 Å². The van der Waals surface area contributed by atoms with Gasteiger partial charge in [-0.15, -0.1) is 0 Å². The number of anilines is 2. The highest BCUT2D eigenvalue weighted by Crippen LogP contribution is 2.28. The maximum Gasteiger partial charge on any atom is 0.238 e. The summed E-state index contributed by atoms with van der Waals surface area (Å²) in [5, 5.41) is 13.3. The fraction of sp³-hybridized carbons (Fsp3) is 0.316. The van der Waals surface area contributed by atoms with Gasteiger partial charge in [-0.1, -0.05) is 23.7 Å². The number of carbonyl (C=O) groups excluding carboxylic acids is 1. The van der Waals surface area contributed by atoms with Gasteiger partial charge in [-0.25, -0.2) is 0 Å². The maximum atomic E-state index is 12.3. The molecule has 1 aliphatic heterocycles. The lowest BCUT2D eigenvalue weighted by atomic mass is 10.2. The van der Waals surface area contributed by atoms with Crippen LogP contribution in [0.15, 0.2) is 42.5 Å². The minimum atomic E-state index is -0.0813. The van der Waals surface area contributed by atoms with Crippen LogP contribution in [0.4, 0.5) is 11.4 Å². The molecule has 0 saturated carbocycles. The summed E-state index contributed by atoms with van der Waals surface area (Å²) in [7, 11) is 1.55. The first kappa shape index (κ1) is 18.4. The van der Waals surface area contributed by atoms with Gasteiger partial charge in [-0.3, -0.25) is 9.69 Å². The molecular weight excluding hydrogens is 354 g/mol. The van der Waals surface area contributed by atoms with Crippen LogP contribution in [0.1, 0.15) is 0 Å². The summed E-state index contributed by atoms with van der Waals surface area (Å²) in [6, 6.07) is 12.5. The van der Waals surface area contributed by atoms with Crippen LogP contribution in [0.3, 0.4) is 0 Å². The first-order chi connectivity index (χ1) is 12.6. The van der Waals surface area contributed by atoms with E-state index in [2.05, 4.69) is 15.1 Å². The van der Waals surface area contributed by atoms with Gasteiger partial charge in [0, 0.05) is 31.9 Å². The van der Waals surface area contributed by atoms with Crippen LogP contribution in [0.2, 0.25) is 5.02 Å². The number of nitrogens with one attached hydrogen (secondary N) is 1. The quantitative estimate of drug-likeness (QED) is 0.841. The summed E-state index contributed by atoms with van der Waals surface area (Å²) in [4.78, 5) is 16.5. The molecule has 2 aromatic carbocycles. The summed E-state index contributed by atoms with van der Waals surface area (Å²) in [6.45, 7) is 3.35. The Kier molecular flexibility index (Phi) is 5.85. The second-order valence-corrected chi connectivity index (χ2v) is 6.56. The number of hydrogen-bond donors (Lipinski definition) is 2. The van der Waals surface area contributed by atoms with E-state index in [1.165, 1.54) is 0 Å². The van der Waals surface area contributed by atoms with Crippen molar-refractivity contribution < 1.29 is 14.6 Å². The second-order valence-electron chi connectivity index (χ2n) is 6.15. The number of nitrogens with zero attached hydrogens (tertiary/aromatic N) is 2. The molecule has 1 heterocycles. The largest absolute Gasteiger partial charge is 0.506 e. The van der Waals surface area contributed by atoms with Crippen LogP contribution in [0.25, 0.3) is 0 Å². The molecule has 7 heteroatoms. The maximum absolute atomic E-state index is 12.3. The molecule has 0 aliphatic carbocycles. The molecular formula is C19H22ClN3O3. The van der Waals surface area contributed by atoms with Crippen LogP contribution < -0.4 is 15.0 Å². The average molecular weight is 376 g/mol. The van der Waals surface area contributed by atoms with E-state index in [0.29, 0.717) is 23.0 Å². The Morgan fingerprint density at radius 1 is 1.19 bits per heavy atom. The van der Waals surface area contributed by atoms with Gasteiger partial charge in [0.25, 0.3) is 0 Å². The number of methoxy groups -OCH3 is 1. The minimum Gasteiger partial charge on any atom is -0.506 e. The number of hydrogen-bond acceptors (Lipinski definition) is 5. The van der Waals surface area contributed by atoms with Crippen LogP contribution in [0.5, 0.6) is 11.5 Å². The Hall–Kier alpha value is -2.44. The predicted molar refractivity (Wildman–Crippen MR) is 103 cm³/mol. The average Bonchev–Trinajstić information content (AvgIpc) is 2.63. The summed E-state index contributed by atoms with van der Waals surface area (Å²) in [5.74, 6) is 0.780. The topological polar surface area (TPSA) is 65.0 Å². The molecule has 6 nitrogen and oxygen atoms in total. The third-order valence-corrected chi connectivity index (χ3v) is 4.69. The Balaban J connectivity index is 1.50. The monoisotopic (exact) mass is 375 g/mol. The molecule has 0 aromatic heterocycles. The number of ether oxygens (including phenoxy) is 1. The lowest BCUT2D eigenvalue weighted by molar-refractivity contribution is -0.117. The van der Waals surface area contributed by atoms with Crippen LogP contribution >= 0.6 is 11.6 Å². The van der Waals surface area contributed by atoms with Crippen molar-refractivity contribution in [3.8, 4) is 11.5 Å². The molecule has 1 saturated heterocycles. The fourth-order valence-corrected chi connectivity index (χ4v) is 3.28. The van der Waals surface area contributed by atoms with Crippen molar-refractivity contribution in [2.75, 3.05) is 50.1 Å². The number of carbonyl (C=O) groups is 1. The van der Waals surface area contributed by atoms with Gasteiger partial charge in [-0.05, 0) is 30.3 Å². The van der Waals surface area contributed by atoms with Crippen LogP contribution in [-0.4, -0.2) is 55.7 Å². The van der Waals surface area contributed by atoms with Crippen LogP contribution in [0, 0.1) is 0 Å². The number of benzene rings is 2. The molecule has 1 amide bonds. The lowest BCUT2D eigenvalue weighted by Gasteiger charge is -2.35. The molecule has 0 unspecified atom stereocenters. The number of phenols is 1. The lowest BCUT2D eigenvalue weighted by Crippen LogP contribution is -2.48. The number of rotatable bonds is 5. The number of halogens is 1. The van der Waals surface area contributed by atoms with Crippen molar-refractivity contribution in [1.29, 1.82) is 0 Å². The summed E-state index contributed by atoms with van der Waals surface area (Å²) in [5.41, 5.74) is 1.48. The van der Waals surface area contributed by atoms with Gasteiger partial charge in [0.15, 0.2) is 0 Å². The molecule has 0 bridgehead atoms. The number of piperazine rings is 1. The van der Waals surface area contributed by atoms with Gasteiger partial charge in [0.1, 0.15) is 11.5 Å². The molecule has 0 atom stereocenters. The number of aromatic hydroxyl groups is 1. The Morgan fingerprint density at radius 2 is 1.92 bits per heavy atom. The number of phenolic OH excluding ortho intramolecular Hbond substituents is 1. The van der Waals surface area contributed by atoms with Crippen LogP contribution in [-0.2, 0) is 4.79 Å². The predicted octanol–water partition coefficient (Wildman–Crippen LogP) is 2.81. The van der Waals surface area contributed by atoms with Gasteiger partial charge in [-0.2, -0.15) is 0 Å². The molecule has 0 radical (unpaired) electrons. The SMILES string of the molecule is COc1ccc(NC(=O)CN2CCN(c3ccccc3O)CC2)cc1Cl. The standard InChI is InChI=1S/C19H22ClN3O3/c1-26-18-7-6-14(12-15(18)20)21-19(25)13-22-8-10-23(11-9-22)16-4-2-3-5-17(16)24/h2-7,12,24H,8-11,13H2,1H3,(H,21,25). The van der Waals surface area contributed by atoms with E-state index < -0.39 is 0 Å². The zero-order valence-electron chi connectivity index (χ0n) is 14.6. The van der Waals surface area contributed by atoms with E-state index in [4.69, 9.17) is 16.3 Å². The molecule has 1 aliphatic rings. The minimum absolute atomic E-state index is 0.0813. The fourth-order valence-electron chi connectivity index (χ4n) is 3.03. The molecule has 138 valence electrons. The normalized spacial score (nSPS) is 14.9. The van der Waals surface area contributed by atoms with E-state index in [1.54, 1.807) is 31.4 Å². The van der Waals surface area contributed by atoms with Gasteiger partial charge >= 0.3 is 0 Å².